The molecule has 1 aromatic heterocycles. The number of nitrogens with one attached hydrogen (secondary N) is 1. The molecule has 1 aromatic carbocycles. The molecule has 0 radical (unpaired) electrons. The Labute approximate surface area is 131 Å². The Morgan fingerprint density at radius 2 is 1.91 bits per heavy atom. The molecule has 0 atom stereocenters. The first-order chi connectivity index (χ1) is 10.4. The molecule has 1 N–H and O–H groups in total. The van der Waals surface area contributed by atoms with Gasteiger partial charge < -0.3 is 14.5 Å². The van der Waals surface area contributed by atoms with Gasteiger partial charge in [0.25, 0.3) is 0 Å². The summed E-state index contributed by atoms with van der Waals surface area (Å²) in [7, 11) is 0. The van der Waals surface area contributed by atoms with E-state index in [1.807, 2.05) is 19.9 Å². The van der Waals surface area contributed by atoms with Crippen LogP contribution in [0.3, 0.4) is 0 Å². The number of anilines is 1. The van der Waals surface area contributed by atoms with Crippen molar-refractivity contribution < 1.29 is 9.15 Å². The van der Waals surface area contributed by atoms with Crippen LogP contribution in [0.15, 0.2) is 15.3 Å². The Bertz CT molecular complexity index is 744. The number of aryl methyl sites for hydroxylation is 2. The third-order valence-electron chi connectivity index (χ3n) is 3.77. The highest BCUT2D eigenvalue weighted by molar-refractivity contribution is 5.94. The van der Waals surface area contributed by atoms with E-state index in [2.05, 4.69) is 26.1 Å². The molecule has 0 fully saturated rings. The topological polar surface area (TPSA) is 51.5 Å². The first-order valence-electron chi connectivity index (χ1n) is 7.83. The fourth-order valence-corrected chi connectivity index (χ4v) is 2.53. The van der Waals surface area contributed by atoms with Gasteiger partial charge in [0.15, 0.2) is 5.75 Å². The van der Waals surface area contributed by atoms with Crippen LogP contribution in [0.25, 0.3) is 11.0 Å². The lowest BCUT2D eigenvalue weighted by Crippen LogP contribution is -2.14. The average molecular weight is 303 g/mol. The lowest BCUT2D eigenvalue weighted by molar-refractivity contribution is 0.321. The molecule has 120 valence electrons. The van der Waals surface area contributed by atoms with Crippen LogP contribution in [-0.4, -0.2) is 12.6 Å². The Hall–Kier alpha value is -1.97. The zero-order chi connectivity index (χ0) is 16.4. The number of hydrogen-bond donors (Lipinski definition) is 1. The normalized spacial score (nSPS) is 11.2. The third-order valence-corrected chi connectivity index (χ3v) is 3.77. The molecule has 0 unspecified atom stereocenters. The van der Waals surface area contributed by atoms with Crippen molar-refractivity contribution in [3.8, 4) is 5.75 Å². The molecule has 22 heavy (non-hydrogen) atoms. The maximum atomic E-state index is 11.9. The lowest BCUT2D eigenvalue weighted by atomic mass is 10.0. The summed E-state index contributed by atoms with van der Waals surface area (Å²) in [6.07, 6.45) is 0.922. The Balaban J connectivity index is 2.83. The van der Waals surface area contributed by atoms with Crippen molar-refractivity contribution in [3.63, 3.8) is 0 Å². The number of benzene rings is 1. The minimum absolute atomic E-state index is 0.282. The molecular formula is C18H25NO3. The van der Waals surface area contributed by atoms with Crippen molar-refractivity contribution in [1.82, 2.24) is 0 Å². The molecule has 0 aliphatic carbocycles. The molecule has 4 heteroatoms. The van der Waals surface area contributed by atoms with E-state index in [0.717, 1.165) is 34.4 Å². The second-order valence-corrected chi connectivity index (χ2v) is 6.06. The number of ether oxygens (including phenoxy) is 1. The quantitative estimate of drug-likeness (QED) is 0.835. The van der Waals surface area contributed by atoms with Gasteiger partial charge in [-0.15, -0.1) is 0 Å². The summed E-state index contributed by atoms with van der Waals surface area (Å²) in [5.41, 5.74) is 3.85. The summed E-state index contributed by atoms with van der Waals surface area (Å²) in [6, 6.07) is 2.20. The molecule has 0 bridgehead atoms. The van der Waals surface area contributed by atoms with Crippen molar-refractivity contribution in [2.75, 3.05) is 11.9 Å². The van der Waals surface area contributed by atoms with Crippen LogP contribution in [0.1, 0.15) is 43.9 Å². The van der Waals surface area contributed by atoms with E-state index in [0.29, 0.717) is 17.8 Å². The van der Waals surface area contributed by atoms with Crippen LogP contribution in [0, 0.1) is 20.8 Å². The predicted octanol–water partition coefficient (Wildman–Crippen LogP) is 4.33. The van der Waals surface area contributed by atoms with Crippen LogP contribution in [0.4, 0.5) is 5.69 Å². The summed E-state index contributed by atoms with van der Waals surface area (Å²) in [6.45, 7) is 12.6. The van der Waals surface area contributed by atoms with Gasteiger partial charge in [-0.2, -0.15) is 0 Å². The van der Waals surface area contributed by atoms with Gasteiger partial charge in [-0.25, -0.2) is 4.79 Å². The Morgan fingerprint density at radius 1 is 1.23 bits per heavy atom. The zero-order valence-corrected chi connectivity index (χ0v) is 14.3. The smallest absolute Gasteiger partial charge is 0.339 e. The summed E-state index contributed by atoms with van der Waals surface area (Å²) < 4.78 is 11.5. The van der Waals surface area contributed by atoms with Gasteiger partial charge in [-0.3, -0.25) is 0 Å². The fraction of sp³-hybridized carbons (Fsp3) is 0.500. The molecule has 0 amide bonds. The Kier molecular flexibility index (Phi) is 4.79. The summed E-state index contributed by atoms with van der Waals surface area (Å²) in [5, 5.41) is 4.35. The Morgan fingerprint density at radius 3 is 2.50 bits per heavy atom. The molecule has 1 heterocycles. The van der Waals surface area contributed by atoms with Crippen molar-refractivity contribution in [1.29, 1.82) is 0 Å². The van der Waals surface area contributed by atoms with Crippen LogP contribution in [0.5, 0.6) is 5.75 Å². The highest BCUT2D eigenvalue weighted by atomic mass is 16.5. The van der Waals surface area contributed by atoms with Crippen LogP contribution >= 0.6 is 0 Å². The molecule has 2 rings (SSSR count). The van der Waals surface area contributed by atoms with E-state index < -0.39 is 0 Å². The van der Waals surface area contributed by atoms with Gasteiger partial charge in [0, 0.05) is 11.6 Å². The molecule has 0 aliphatic heterocycles. The number of rotatable bonds is 5. The molecule has 0 aliphatic rings. The largest absolute Gasteiger partial charge is 0.491 e. The van der Waals surface area contributed by atoms with Crippen molar-refractivity contribution in [2.24, 2.45) is 0 Å². The van der Waals surface area contributed by atoms with E-state index in [4.69, 9.17) is 9.15 Å². The van der Waals surface area contributed by atoms with Gasteiger partial charge in [-0.1, -0.05) is 6.92 Å². The number of fused-ring (bicyclic) bond motifs is 1. The van der Waals surface area contributed by atoms with Gasteiger partial charge in [0.2, 0.25) is 0 Å². The van der Waals surface area contributed by atoms with Crippen molar-refractivity contribution in [3.05, 3.63) is 33.2 Å². The predicted molar refractivity (Wildman–Crippen MR) is 91.2 cm³/mol. The van der Waals surface area contributed by atoms with Crippen molar-refractivity contribution >= 4 is 16.7 Å². The van der Waals surface area contributed by atoms with Gasteiger partial charge in [-0.05, 0) is 58.2 Å². The second-order valence-electron chi connectivity index (χ2n) is 6.06. The standard InChI is InChI=1S/C18H25NO3/c1-7-8-21-17-15-12(5)13(6)18(20)22-14(15)9-11(4)16(17)19-10(2)3/h9-10,19H,7-8H2,1-6H3. The summed E-state index contributed by atoms with van der Waals surface area (Å²) in [5.74, 6) is 0.787. The first-order valence-corrected chi connectivity index (χ1v) is 7.83. The lowest BCUT2D eigenvalue weighted by Gasteiger charge is -2.20. The molecule has 0 spiro atoms. The molecule has 0 saturated carbocycles. The fourth-order valence-electron chi connectivity index (χ4n) is 2.53. The monoisotopic (exact) mass is 303 g/mol. The zero-order valence-electron chi connectivity index (χ0n) is 14.3. The highest BCUT2D eigenvalue weighted by Gasteiger charge is 2.19. The molecule has 2 aromatic rings. The van der Waals surface area contributed by atoms with E-state index in [9.17, 15) is 4.79 Å². The van der Waals surface area contributed by atoms with Crippen molar-refractivity contribution in [2.45, 2.75) is 54.0 Å². The maximum absolute atomic E-state index is 11.9. The minimum atomic E-state index is -0.282. The SMILES string of the molecule is CCCOc1c(NC(C)C)c(C)cc2oc(=O)c(C)c(C)c12. The summed E-state index contributed by atoms with van der Waals surface area (Å²) >= 11 is 0. The minimum Gasteiger partial charge on any atom is -0.491 e. The van der Waals surface area contributed by atoms with Crippen LogP contribution in [-0.2, 0) is 0 Å². The van der Waals surface area contributed by atoms with E-state index in [-0.39, 0.29) is 11.7 Å². The van der Waals surface area contributed by atoms with Gasteiger partial charge >= 0.3 is 5.63 Å². The molecular weight excluding hydrogens is 278 g/mol. The van der Waals surface area contributed by atoms with Crippen LogP contribution in [0.2, 0.25) is 0 Å². The average Bonchev–Trinajstić information content (AvgIpc) is 2.44. The highest BCUT2D eigenvalue weighted by Crippen LogP contribution is 2.39. The first kappa shape index (κ1) is 16.4. The van der Waals surface area contributed by atoms with E-state index in [1.54, 1.807) is 6.92 Å². The van der Waals surface area contributed by atoms with E-state index >= 15 is 0 Å². The number of hydrogen-bond acceptors (Lipinski definition) is 4. The second kappa shape index (κ2) is 6.42. The summed E-state index contributed by atoms with van der Waals surface area (Å²) in [4.78, 5) is 11.9. The molecule has 4 nitrogen and oxygen atoms in total. The van der Waals surface area contributed by atoms with Gasteiger partial charge in [0.05, 0.1) is 17.7 Å². The van der Waals surface area contributed by atoms with E-state index in [1.165, 1.54) is 0 Å². The molecule has 0 saturated heterocycles. The van der Waals surface area contributed by atoms with Crippen LogP contribution < -0.4 is 15.7 Å². The maximum Gasteiger partial charge on any atom is 0.339 e. The van der Waals surface area contributed by atoms with Gasteiger partial charge in [0.1, 0.15) is 5.58 Å². The third kappa shape index (κ3) is 2.96.